The number of nitrogens with one attached hydrogen (secondary N) is 1. The lowest BCUT2D eigenvalue weighted by Gasteiger charge is -2.11. The number of ether oxygens (including phenoxy) is 4. The van der Waals surface area contributed by atoms with Crippen molar-refractivity contribution in [1.82, 2.24) is 0 Å². The number of hydrogen-bond acceptors (Lipinski definition) is 7. The largest absolute Gasteiger partial charge is 0.496 e. The van der Waals surface area contributed by atoms with E-state index < -0.39 is 18.5 Å². The molecule has 1 heterocycles. The van der Waals surface area contributed by atoms with E-state index in [1.165, 1.54) is 26.2 Å². The standard InChI is InChI=1S/C20H19NO7/c1-12(22)14-8-17-18(28-11-27-17)9-15(14)21-19(23)10-26-20(24)7-13-5-3-4-6-16(13)25-2/h3-6,8-9H,7,10-11H2,1-2H3,(H,21,23). The molecule has 0 unspecified atom stereocenters. The van der Waals surface area contributed by atoms with Crippen LogP contribution in [-0.4, -0.2) is 38.2 Å². The van der Waals surface area contributed by atoms with E-state index in [1.807, 2.05) is 0 Å². The van der Waals surface area contributed by atoms with Crippen molar-refractivity contribution in [3.63, 3.8) is 0 Å². The summed E-state index contributed by atoms with van der Waals surface area (Å²) in [5.41, 5.74) is 1.20. The number of para-hydroxylation sites is 1. The molecule has 0 fully saturated rings. The molecule has 0 saturated carbocycles. The fraction of sp³-hybridized carbons (Fsp3) is 0.250. The number of carbonyl (C=O) groups is 3. The van der Waals surface area contributed by atoms with Crippen molar-refractivity contribution in [1.29, 1.82) is 0 Å². The molecule has 0 spiro atoms. The summed E-state index contributed by atoms with van der Waals surface area (Å²) >= 11 is 0. The number of amides is 1. The quantitative estimate of drug-likeness (QED) is 0.577. The van der Waals surface area contributed by atoms with Crippen LogP contribution in [0.4, 0.5) is 5.69 Å². The van der Waals surface area contributed by atoms with Gasteiger partial charge in [-0.15, -0.1) is 0 Å². The average molecular weight is 385 g/mol. The fourth-order valence-corrected chi connectivity index (χ4v) is 2.72. The van der Waals surface area contributed by atoms with Crippen LogP contribution in [0.2, 0.25) is 0 Å². The molecule has 8 nitrogen and oxygen atoms in total. The first kappa shape index (κ1) is 19.2. The second-order valence-electron chi connectivity index (χ2n) is 6.00. The Kier molecular flexibility index (Phi) is 5.78. The summed E-state index contributed by atoms with van der Waals surface area (Å²) < 4.78 is 20.7. The van der Waals surface area contributed by atoms with Gasteiger partial charge in [-0.05, 0) is 19.1 Å². The molecular weight excluding hydrogens is 366 g/mol. The van der Waals surface area contributed by atoms with Crippen LogP contribution < -0.4 is 19.5 Å². The molecule has 0 aromatic heterocycles. The number of carbonyl (C=O) groups excluding carboxylic acids is 3. The smallest absolute Gasteiger partial charge is 0.310 e. The average Bonchev–Trinajstić information content (AvgIpc) is 3.13. The van der Waals surface area contributed by atoms with Crippen LogP contribution in [0.1, 0.15) is 22.8 Å². The fourth-order valence-electron chi connectivity index (χ4n) is 2.72. The molecule has 146 valence electrons. The lowest BCUT2D eigenvalue weighted by Crippen LogP contribution is -2.22. The first-order valence-corrected chi connectivity index (χ1v) is 8.50. The van der Waals surface area contributed by atoms with Crippen LogP contribution in [-0.2, 0) is 20.7 Å². The highest BCUT2D eigenvalue weighted by Gasteiger charge is 2.21. The molecule has 1 aliphatic rings. The van der Waals surface area contributed by atoms with E-state index in [2.05, 4.69) is 5.32 Å². The topological polar surface area (TPSA) is 100 Å². The third kappa shape index (κ3) is 4.40. The van der Waals surface area contributed by atoms with Crippen LogP contribution in [0.15, 0.2) is 36.4 Å². The van der Waals surface area contributed by atoms with Gasteiger partial charge in [0, 0.05) is 17.2 Å². The molecule has 2 aromatic rings. The van der Waals surface area contributed by atoms with Gasteiger partial charge >= 0.3 is 5.97 Å². The van der Waals surface area contributed by atoms with Crippen LogP contribution in [0.25, 0.3) is 0 Å². The number of methoxy groups -OCH3 is 1. The van der Waals surface area contributed by atoms with E-state index in [9.17, 15) is 14.4 Å². The van der Waals surface area contributed by atoms with Crippen molar-refractivity contribution in [3.8, 4) is 17.2 Å². The number of esters is 1. The summed E-state index contributed by atoms with van der Waals surface area (Å²) in [6.45, 7) is 0.935. The molecule has 2 aromatic carbocycles. The molecule has 0 aliphatic carbocycles. The highest BCUT2D eigenvalue weighted by Crippen LogP contribution is 2.37. The third-order valence-electron chi connectivity index (χ3n) is 4.06. The van der Waals surface area contributed by atoms with Crippen molar-refractivity contribution in [2.75, 3.05) is 25.8 Å². The molecule has 0 atom stereocenters. The van der Waals surface area contributed by atoms with E-state index in [0.717, 1.165) is 0 Å². The Hall–Kier alpha value is -3.55. The van der Waals surface area contributed by atoms with Gasteiger partial charge in [-0.3, -0.25) is 14.4 Å². The van der Waals surface area contributed by atoms with Crippen molar-refractivity contribution in [2.24, 2.45) is 0 Å². The van der Waals surface area contributed by atoms with Gasteiger partial charge in [0.2, 0.25) is 6.79 Å². The Bertz CT molecular complexity index is 923. The number of hydrogen-bond donors (Lipinski definition) is 1. The zero-order valence-electron chi connectivity index (χ0n) is 15.4. The van der Waals surface area contributed by atoms with Gasteiger partial charge in [0.15, 0.2) is 23.9 Å². The van der Waals surface area contributed by atoms with Crippen LogP contribution in [0, 0.1) is 0 Å². The predicted molar refractivity (Wildman–Crippen MR) is 98.9 cm³/mol. The van der Waals surface area contributed by atoms with Gasteiger partial charge in [0.05, 0.1) is 19.2 Å². The summed E-state index contributed by atoms with van der Waals surface area (Å²) in [5.74, 6) is 0.0314. The molecule has 1 amide bonds. The van der Waals surface area contributed by atoms with Crippen LogP contribution >= 0.6 is 0 Å². The van der Waals surface area contributed by atoms with Gasteiger partial charge in [-0.25, -0.2) is 0 Å². The molecule has 3 rings (SSSR count). The second kappa shape index (κ2) is 8.43. The van der Waals surface area contributed by atoms with E-state index in [0.29, 0.717) is 22.8 Å². The molecule has 28 heavy (non-hydrogen) atoms. The monoisotopic (exact) mass is 385 g/mol. The molecule has 1 aliphatic heterocycles. The lowest BCUT2D eigenvalue weighted by atomic mass is 10.1. The van der Waals surface area contributed by atoms with Crippen molar-refractivity contribution in [2.45, 2.75) is 13.3 Å². The van der Waals surface area contributed by atoms with E-state index in [-0.39, 0.29) is 30.2 Å². The van der Waals surface area contributed by atoms with E-state index in [1.54, 1.807) is 24.3 Å². The Morgan fingerprint density at radius 2 is 1.82 bits per heavy atom. The zero-order chi connectivity index (χ0) is 20.1. The highest BCUT2D eigenvalue weighted by molar-refractivity contribution is 6.05. The second-order valence-corrected chi connectivity index (χ2v) is 6.00. The highest BCUT2D eigenvalue weighted by atomic mass is 16.7. The van der Waals surface area contributed by atoms with Crippen LogP contribution in [0.5, 0.6) is 17.2 Å². The van der Waals surface area contributed by atoms with Gasteiger partial charge in [0.25, 0.3) is 5.91 Å². The molecule has 1 N–H and O–H groups in total. The molecular formula is C20H19NO7. The number of Topliss-reactive ketones (excluding diaryl/α,β-unsaturated/α-hetero) is 1. The van der Waals surface area contributed by atoms with Gasteiger partial charge in [-0.2, -0.15) is 0 Å². The summed E-state index contributed by atoms with van der Waals surface area (Å²) in [6, 6.07) is 10.1. The summed E-state index contributed by atoms with van der Waals surface area (Å²) in [4.78, 5) is 36.0. The van der Waals surface area contributed by atoms with Gasteiger partial charge in [0.1, 0.15) is 5.75 Å². The third-order valence-corrected chi connectivity index (χ3v) is 4.06. The molecule has 0 bridgehead atoms. The lowest BCUT2D eigenvalue weighted by molar-refractivity contribution is -0.146. The summed E-state index contributed by atoms with van der Waals surface area (Å²) in [7, 11) is 1.51. The number of fused-ring (bicyclic) bond motifs is 1. The molecule has 0 saturated heterocycles. The Morgan fingerprint density at radius 3 is 2.54 bits per heavy atom. The van der Waals surface area contributed by atoms with Crippen molar-refractivity contribution in [3.05, 3.63) is 47.5 Å². The summed E-state index contributed by atoms with van der Waals surface area (Å²) in [6.07, 6.45) is -0.0278. The molecule has 8 heteroatoms. The number of anilines is 1. The zero-order valence-corrected chi connectivity index (χ0v) is 15.4. The number of rotatable bonds is 7. The first-order chi connectivity index (χ1) is 13.5. The van der Waals surface area contributed by atoms with Crippen molar-refractivity contribution < 1.29 is 33.3 Å². The maximum atomic E-state index is 12.2. The summed E-state index contributed by atoms with van der Waals surface area (Å²) in [5, 5.41) is 2.57. The van der Waals surface area contributed by atoms with Crippen molar-refractivity contribution >= 4 is 23.3 Å². The number of ketones is 1. The van der Waals surface area contributed by atoms with E-state index >= 15 is 0 Å². The Labute approximate surface area is 161 Å². The Morgan fingerprint density at radius 1 is 1.11 bits per heavy atom. The normalized spacial score (nSPS) is 11.6. The van der Waals surface area contributed by atoms with E-state index in [4.69, 9.17) is 18.9 Å². The van der Waals surface area contributed by atoms with Gasteiger partial charge in [-0.1, -0.05) is 18.2 Å². The van der Waals surface area contributed by atoms with Gasteiger partial charge < -0.3 is 24.3 Å². The van der Waals surface area contributed by atoms with Crippen LogP contribution in [0.3, 0.4) is 0 Å². The minimum Gasteiger partial charge on any atom is -0.496 e. The minimum atomic E-state index is -0.574. The minimum absolute atomic E-state index is 0.0278. The maximum absolute atomic E-state index is 12.2. The maximum Gasteiger partial charge on any atom is 0.310 e. The molecule has 0 radical (unpaired) electrons. The SMILES string of the molecule is COc1ccccc1CC(=O)OCC(=O)Nc1cc2c(cc1C(C)=O)OCO2. The first-order valence-electron chi connectivity index (χ1n) is 8.50. The predicted octanol–water partition coefficient (Wildman–Crippen LogP) is 2.35. The Balaban J connectivity index is 1.60. The number of benzene rings is 2.